The molecule has 1 aliphatic heterocycles. The van der Waals surface area contributed by atoms with Gasteiger partial charge in [-0.15, -0.1) is 0 Å². The first kappa shape index (κ1) is 23.3. The number of ether oxygens (including phenoxy) is 2. The van der Waals surface area contributed by atoms with Crippen LogP contribution in [0.2, 0.25) is 20.1 Å². The average molecular weight is 512 g/mol. The van der Waals surface area contributed by atoms with Gasteiger partial charge in [0.15, 0.2) is 0 Å². The quantitative estimate of drug-likeness (QED) is 0.360. The maximum absolute atomic E-state index is 6.55. The van der Waals surface area contributed by atoms with Crippen molar-refractivity contribution in [3.05, 3.63) is 85.8 Å². The smallest absolute Gasteiger partial charge is 0.124 e. The van der Waals surface area contributed by atoms with Gasteiger partial charge < -0.3 is 19.7 Å². The number of morpholine rings is 1. The van der Waals surface area contributed by atoms with Crippen molar-refractivity contribution < 1.29 is 9.47 Å². The molecule has 0 aliphatic carbocycles. The molecule has 0 radical (unpaired) electrons. The van der Waals surface area contributed by atoms with E-state index in [0.29, 0.717) is 45.6 Å². The predicted molar refractivity (Wildman–Crippen MR) is 134 cm³/mol. The zero-order chi connectivity index (χ0) is 22.5. The summed E-state index contributed by atoms with van der Waals surface area (Å²) in [6.45, 7) is 3.88. The zero-order valence-corrected chi connectivity index (χ0v) is 20.2. The number of benzene rings is 3. The van der Waals surface area contributed by atoms with E-state index in [2.05, 4.69) is 10.2 Å². The summed E-state index contributed by atoms with van der Waals surface area (Å²) in [7, 11) is 0. The van der Waals surface area contributed by atoms with E-state index in [-0.39, 0.29) is 6.61 Å². The van der Waals surface area contributed by atoms with Crippen LogP contribution in [0.15, 0.2) is 54.6 Å². The Morgan fingerprint density at radius 3 is 2.34 bits per heavy atom. The van der Waals surface area contributed by atoms with Gasteiger partial charge in [0, 0.05) is 51.5 Å². The SMILES string of the molecule is Clc1ccc(OCc2c(Cl)cccc2Cl)c(CNc2ccc(N3CCOCC3)c(Cl)c2)c1. The van der Waals surface area contributed by atoms with Gasteiger partial charge in [-0.3, -0.25) is 0 Å². The Hall–Kier alpha value is -1.82. The van der Waals surface area contributed by atoms with E-state index in [1.54, 1.807) is 24.3 Å². The van der Waals surface area contributed by atoms with Crippen molar-refractivity contribution in [2.45, 2.75) is 13.2 Å². The lowest BCUT2D eigenvalue weighted by atomic mass is 10.1. The molecule has 0 bridgehead atoms. The molecule has 0 unspecified atom stereocenters. The molecule has 0 spiro atoms. The van der Waals surface area contributed by atoms with Gasteiger partial charge in [-0.2, -0.15) is 0 Å². The largest absolute Gasteiger partial charge is 0.488 e. The van der Waals surface area contributed by atoms with Gasteiger partial charge in [0.05, 0.1) is 23.9 Å². The number of hydrogen-bond acceptors (Lipinski definition) is 4. The molecule has 0 atom stereocenters. The van der Waals surface area contributed by atoms with E-state index in [4.69, 9.17) is 55.9 Å². The lowest BCUT2D eigenvalue weighted by Gasteiger charge is -2.29. The molecule has 0 aromatic heterocycles. The molecule has 1 saturated heterocycles. The molecule has 0 saturated carbocycles. The summed E-state index contributed by atoms with van der Waals surface area (Å²) in [5, 5.41) is 5.87. The van der Waals surface area contributed by atoms with E-state index in [9.17, 15) is 0 Å². The molecule has 1 N–H and O–H groups in total. The van der Waals surface area contributed by atoms with Crippen molar-refractivity contribution in [2.24, 2.45) is 0 Å². The van der Waals surface area contributed by atoms with E-state index >= 15 is 0 Å². The maximum atomic E-state index is 6.55. The maximum Gasteiger partial charge on any atom is 0.124 e. The second kappa shape index (κ2) is 10.9. The van der Waals surface area contributed by atoms with Crippen molar-refractivity contribution in [3.63, 3.8) is 0 Å². The van der Waals surface area contributed by atoms with Crippen molar-refractivity contribution >= 4 is 57.8 Å². The molecule has 0 amide bonds. The van der Waals surface area contributed by atoms with Crippen LogP contribution < -0.4 is 15.0 Å². The molecule has 4 nitrogen and oxygen atoms in total. The Morgan fingerprint density at radius 1 is 0.875 bits per heavy atom. The Morgan fingerprint density at radius 2 is 1.62 bits per heavy atom. The minimum absolute atomic E-state index is 0.257. The Kier molecular flexibility index (Phi) is 7.93. The molecule has 8 heteroatoms. The van der Waals surface area contributed by atoms with Gasteiger partial charge in [0.25, 0.3) is 0 Å². The van der Waals surface area contributed by atoms with Crippen molar-refractivity contribution in [1.29, 1.82) is 0 Å². The highest BCUT2D eigenvalue weighted by Gasteiger charge is 2.15. The Labute approximate surface area is 207 Å². The van der Waals surface area contributed by atoms with Gasteiger partial charge in [0.2, 0.25) is 0 Å². The fourth-order valence-corrected chi connectivity index (χ4v) is 4.52. The first-order chi connectivity index (χ1) is 15.5. The van der Waals surface area contributed by atoms with Crippen molar-refractivity contribution in [1.82, 2.24) is 0 Å². The standard InChI is InChI=1S/C24H22Cl4N2O2/c25-17-4-7-24(32-15-19-20(26)2-1-3-21(19)27)16(12-17)14-29-18-5-6-23(22(28)13-18)30-8-10-31-11-9-30/h1-7,12-13,29H,8-11,14-15H2. The lowest BCUT2D eigenvalue weighted by molar-refractivity contribution is 0.122. The van der Waals surface area contributed by atoms with Crippen molar-refractivity contribution in [2.75, 3.05) is 36.5 Å². The minimum Gasteiger partial charge on any atom is -0.488 e. The molecule has 3 aromatic rings. The summed E-state index contributed by atoms with van der Waals surface area (Å²) in [6, 6.07) is 16.9. The van der Waals surface area contributed by atoms with Crippen LogP contribution >= 0.6 is 46.4 Å². The predicted octanol–water partition coefficient (Wildman–Crippen LogP) is 7.33. The normalized spacial score (nSPS) is 13.8. The average Bonchev–Trinajstić information content (AvgIpc) is 2.79. The van der Waals surface area contributed by atoms with Gasteiger partial charge in [-0.1, -0.05) is 52.5 Å². The monoisotopic (exact) mass is 510 g/mol. The number of nitrogens with one attached hydrogen (secondary N) is 1. The van der Waals surface area contributed by atoms with Crippen LogP contribution in [0.1, 0.15) is 11.1 Å². The Balaban J connectivity index is 1.45. The van der Waals surface area contributed by atoms with Crippen LogP contribution in [-0.4, -0.2) is 26.3 Å². The van der Waals surface area contributed by atoms with Crippen molar-refractivity contribution in [3.8, 4) is 5.75 Å². The van der Waals surface area contributed by atoms with E-state index in [0.717, 1.165) is 35.6 Å². The summed E-state index contributed by atoms with van der Waals surface area (Å²) in [6.07, 6.45) is 0. The molecule has 1 heterocycles. The number of halogens is 4. The number of anilines is 2. The minimum atomic E-state index is 0.257. The molecular formula is C24H22Cl4N2O2. The highest BCUT2D eigenvalue weighted by atomic mass is 35.5. The van der Waals surface area contributed by atoms with E-state index in [1.165, 1.54) is 0 Å². The fourth-order valence-electron chi connectivity index (χ4n) is 3.52. The van der Waals surface area contributed by atoms with Crippen LogP contribution in [0.25, 0.3) is 0 Å². The van der Waals surface area contributed by atoms with Gasteiger partial charge >= 0.3 is 0 Å². The highest BCUT2D eigenvalue weighted by Crippen LogP contribution is 2.31. The number of hydrogen-bond donors (Lipinski definition) is 1. The molecule has 1 aliphatic rings. The first-order valence-electron chi connectivity index (χ1n) is 10.2. The van der Waals surface area contributed by atoms with Crippen LogP contribution in [0, 0.1) is 0 Å². The molecule has 3 aromatic carbocycles. The van der Waals surface area contributed by atoms with Gasteiger partial charge in [-0.25, -0.2) is 0 Å². The van der Waals surface area contributed by atoms with Crippen LogP contribution in [0.5, 0.6) is 5.75 Å². The first-order valence-corrected chi connectivity index (χ1v) is 11.7. The van der Waals surface area contributed by atoms with E-state index < -0.39 is 0 Å². The molecule has 168 valence electrons. The molecular weight excluding hydrogens is 490 g/mol. The van der Waals surface area contributed by atoms with Gasteiger partial charge in [0.1, 0.15) is 12.4 Å². The second-order valence-corrected chi connectivity index (χ2v) is 9.02. The summed E-state index contributed by atoms with van der Waals surface area (Å²) in [4.78, 5) is 2.23. The number of rotatable bonds is 7. The lowest BCUT2D eigenvalue weighted by Crippen LogP contribution is -2.36. The van der Waals surface area contributed by atoms with Crippen LogP contribution in [-0.2, 0) is 17.9 Å². The summed E-state index contributed by atoms with van der Waals surface area (Å²) < 4.78 is 11.5. The second-order valence-electron chi connectivity index (χ2n) is 7.36. The third-order valence-electron chi connectivity index (χ3n) is 5.24. The van der Waals surface area contributed by atoms with Crippen LogP contribution in [0.3, 0.4) is 0 Å². The third-order valence-corrected chi connectivity index (χ3v) is 6.48. The summed E-state index contributed by atoms with van der Waals surface area (Å²) in [5.74, 6) is 0.703. The highest BCUT2D eigenvalue weighted by molar-refractivity contribution is 6.36. The third kappa shape index (κ3) is 5.75. The number of nitrogens with zero attached hydrogens (tertiary/aromatic N) is 1. The molecule has 1 fully saturated rings. The van der Waals surface area contributed by atoms with Gasteiger partial charge in [-0.05, 0) is 48.5 Å². The zero-order valence-electron chi connectivity index (χ0n) is 17.2. The summed E-state index contributed by atoms with van der Waals surface area (Å²) in [5.41, 5.74) is 3.58. The van der Waals surface area contributed by atoms with Crippen LogP contribution in [0.4, 0.5) is 11.4 Å². The molecule has 32 heavy (non-hydrogen) atoms. The topological polar surface area (TPSA) is 33.7 Å². The Bertz CT molecular complexity index is 1070. The van der Waals surface area contributed by atoms with E-state index in [1.807, 2.05) is 30.3 Å². The molecule has 4 rings (SSSR count). The fraction of sp³-hybridized carbons (Fsp3) is 0.250. The summed E-state index contributed by atoms with van der Waals surface area (Å²) >= 11 is 25.3.